The first-order chi connectivity index (χ1) is 7.43. The van der Waals surface area contributed by atoms with Crippen molar-refractivity contribution in [2.45, 2.75) is 58.0 Å². The van der Waals surface area contributed by atoms with Crippen LogP contribution in [0, 0.1) is 0 Å². The van der Waals surface area contributed by atoms with Gasteiger partial charge in [0.25, 0.3) is 0 Å². The summed E-state index contributed by atoms with van der Waals surface area (Å²) < 4.78 is 0. The largest absolute Gasteiger partial charge is 0.291 e. The average molecular weight is 208 g/mol. The Bertz CT molecular complexity index is 197. The molecule has 2 nitrogen and oxygen atoms in total. The standard InChI is InChI=1S/C13H24N2/c1-2-3-4-5-6-7-8-9-10-13-14-11-12-15-13/h7-8,11,13,15H,2-6,9-10,12H2,1H3/b8-7+. The number of nitrogens with one attached hydrogen (secondary N) is 1. The zero-order valence-corrected chi connectivity index (χ0v) is 9.91. The monoisotopic (exact) mass is 208 g/mol. The van der Waals surface area contributed by atoms with Gasteiger partial charge in [-0.3, -0.25) is 10.3 Å². The highest BCUT2D eigenvalue weighted by molar-refractivity contribution is 5.61. The molecule has 15 heavy (non-hydrogen) atoms. The predicted octanol–water partition coefficient (Wildman–Crippen LogP) is 3.29. The van der Waals surface area contributed by atoms with Crippen molar-refractivity contribution in [1.29, 1.82) is 0 Å². The van der Waals surface area contributed by atoms with Gasteiger partial charge in [-0.05, 0) is 25.7 Å². The lowest BCUT2D eigenvalue weighted by atomic mass is 10.1. The fourth-order valence-corrected chi connectivity index (χ4v) is 1.78. The van der Waals surface area contributed by atoms with E-state index in [2.05, 4.69) is 29.4 Å². The van der Waals surface area contributed by atoms with Crippen molar-refractivity contribution in [3.05, 3.63) is 12.2 Å². The molecular weight excluding hydrogens is 184 g/mol. The molecule has 1 aliphatic heterocycles. The quantitative estimate of drug-likeness (QED) is 0.480. The first-order valence-corrected chi connectivity index (χ1v) is 6.33. The fraction of sp³-hybridized carbons (Fsp3) is 0.769. The molecule has 0 aliphatic carbocycles. The average Bonchev–Trinajstić information content (AvgIpc) is 2.75. The van der Waals surface area contributed by atoms with Gasteiger partial charge in [0.05, 0.1) is 6.17 Å². The van der Waals surface area contributed by atoms with Crippen LogP contribution in [0.2, 0.25) is 0 Å². The van der Waals surface area contributed by atoms with Crippen LogP contribution in [-0.2, 0) is 0 Å². The number of unbranched alkanes of at least 4 members (excludes halogenated alkanes) is 4. The lowest BCUT2D eigenvalue weighted by Crippen LogP contribution is -2.21. The third kappa shape index (κ3) is 6.45. The molecule has 1 rings (SSSR count). The van der Waals surface area contributed by atoms with Crippen LogP contribution in [0.5, 0.6) is 0 Å². The maximum atomic E-state index is 4.32. The fourth-order valence-electron chi connectivity index (χ4n) is 1.78. The van der Waals surface area contributed by atoms with E-state index in [0.29, 0.717) is 6.17 Å². The molecule has 1 N–H and O–H groups in total. The van der Waals surface area contributed by atoms with E-state index in [9.17, 15) is 0 Å². The first-order valence-electron chi connectivity index (χ1n) is 6.33. The van der Waals surface area contributed by atoms with E-state index in [1.165, 1.54) is 32.1 Å². The molecule has 2 heteroatoms. The zero-order chi connectivity index (χ0) is 10.8. The summed E-state index contributed by atoms with van der Waals surface area (Å²) in [7, 11) is 0. The molecule has 1 aliphatic rings. The third-order valence-electron chi connectivity index (χ3n) is 2.73. The number of nitrogens with zero attached hydrogens (tertiary/aromatic N) is 1. The van der Waals surface area contributed by atoms with Gasteiger partial charge in [0.1, 0.15) is 0 Å². The molecule has 0 aromatic carbocycles. The highest BCUT2D eigenvalue weighted by Crippen LogP contribution is 2.05. The van der Waals surface area contributed by atoms with Gasteiger partial charge in [-0.25, -0.2) is 0 Å². The van der Waals surface area contributed by atoms with Crippen molar-refractivity contribution in [2.24, 2.45) is 4.99 Å². The Morgan fingerprint density at radius 2 is 2.13 bits per heavy atom. The zero-order valence-electron chi connectivity index (χ0n) is 9.91. The number of allylic oxidation sites excluding steroid dienone is 2. The van der Waals surface area contributed by atoms with Crippen LogP contribution >= 0.6 is 0 Å². The van der Waals surface area contributed by atoms with E-state index in [-0.39, 0.29) is 0 Å². The molecule has 0 aromatic rings. The van der Waals surface area contributed by atoms with Crippen molar-refractivity contribution in [3.63, 3.8) is 0 Å². The molecular formula is C13H24N2. The number of rotatable bonds is 8. The summed E-state index contributed by atoms with van der Waals surface area (Å²) in [5, 5.41) is 3.32. The summed E-state index contributed by atoms with van der Waals surface area (Å²) in [5.74, 6) is 0. The van der Waals surface area contributed by atoms with E-state index in [0.717, 1.165) is 19.4 Å². The summed E-state index contributed by atoms with van der Waals surface area (Å²) in [4.78, 5) is 4.32. The molecule has 0 amide bonds. The summed E-state index contributed by atoms with van der Waals surface area (Å²) in [6, 6.07) is 0. The molecule has 0 saturated carbocycles. The summed E-state index contributed by atoms with van der Waals surface area (Å²) in [6.07, 6.45) is 16.0. The Morgan fingerprint density at radius 1 is 1.27 bits per heavy atom. The van der Waals surface area contributed by atoms with Crippen molar-refractivity contribution in [2.75, 3.05) is 6.54 Å². The van der Waals surface area contributed by atoms with Crippen molar-refractivity contribution >= 4 is 6.21 Å². The van der Waals surface area contributed by atoms with E-state index < -0.39 is 0 Å². The van der Waals surface area contributed by atoms with Gasteiger partial charge in [0, 0.05) is 12.8 Å². The van der Waals surface area contributed by atoms with Gasteiger partial charge < -0.3 is 0 Å². The highest BCUT2D eigenvalue weighted by Gasteiger charge is 2.06. The van der Waals surface area contributed by atoms with Crippen LogP contribution in [-0.4, -0.2) is 18.9 Å². The van der Waals surface area contributed by atoms with Crippen molar-refractivity contribution in [3.8, 4) is 0 Å². The topological polar surface area (TPSA) is 24.4 Å². The Labute approximate surface area is 93.9 Å². The summed E-state index contributed by atoms with van der Waals surface area (Å²) >= 11 is 0. The minimum Gasteiger partial charge on any atom is -0.291 e. The van der Waals surface area contributed by atoms with Crippen LogP contribution in [0.3, 0.4) is 0 Å². The normalized spacial score (nSPS) is 20.5. The molecule has 86 valence electrons. The molecule has 1 atom stereocenters. The number of aliphatic imine (C=N–C) groups is 1. The molecule has 0 saturated heterocycles. The molecule has 0 radical (unpaired) electrons. The van der Waals surface area contributed by atoms with E-state index >= 15 is 0 Å². The first kappa shape index (κ1) is 12.4. The lowest BCUT2D eigenvalue weighted by molar-refractivity contribution is 0.563. The van der Waals surface area contributed by atoms with E-state index in [1.807, 2.05) is 6.21 Å². The van der Waals surface area contributed by atoms with Gasteiger partial charge in [-0.2, -0.15) is 0 Å². The third-order valence-corrected chi connectivity index (χ3v) is 2.73. The van der Waals surface area contributed by atoms with Gasteiger partial charge >= 0.3 is 0 Å². The van der Waals surface area contributed by atoms with Crippen LogP contribution in [0.4, 0.5) is 0 Å². The maximum absolute atomic E-state index is 4.32. The number of hydrogen-bond donors (Lipinski definition) is 1. The Hall–Kier alpha value is -0.630. The minimum absolute atomic E-state index is 0.384. The van der Waals surface area contributed by atoms with Gasteiger partial charge in [-0.1, -0.05) is 38.3 Å². The summed E-state index contributed by atoms with van der Waals surface area (Å²) in [6.45, 7) is 3.20. The SMILES string of the molecule is CCCCCC/C=C/CCC1N=CCN1. The number of hydrogen-bond acceptors (Lipinski definition) is 2. The van der Waals surface area contributed by atoms with Crippen LogP contribution in [0.15, 0.2) is 17.1 Å². The van der Waals surface area contributed by atoms with E-state index in [4.69, 9.17) is 0 Å². The summed E-state index contributed by atoms with van der Waals surface area (Å²) in [5.41, 5.74) is 0. The second-order valence-corrected chi connectivity index (χ2v) is 4.15. The Kier molecular flexibility index (Phi) is 7.18. The Morgan fingerprint density at radius 3 is 2.87 bits per heavy atom. The smallest absolute Gasteiger partial charge is 0.0996 e. The highest BCUT2D eigenvalue weighted by atomic mass is 15.1. The second-order valence-electron chi connectivity index (χ2n) is 4.15. The minimum atomic E-state index is 0.384. The van der Waals surface area contributed by atoms with Gasteiger partial charge in [-0.15, -0.1) is 0 Å². The molecule has 1 unspecified atom stereocenters. The lowest BCUT2D eigenvalue weighted by Gasteiger charge is -2.04. The van der Waals surface area contributed by atoms with Crippen molar-refractivity contribution < 1.29 is 0 Å². The van der Waals surface area contributed by atoms with Crippen LogP contribution in [0.1, 0.15) is 51.9 Å². The van der Waals surface area contributed by atoms with E-state index in [1.54, 1.807) is 0 Å². The van der Waals surface area contributed by atoms with Crippen LogP contribution in [0.25, 0.3) is 0 Å². The van der Waals surface area contributed by atoms with Gasteiger partial charge in [0.2, 0.25) is 0 Å². The van der Waals surface area contributed by atoms with Gasteiger partial charge in [0.15, 0.2) is 0 Å². The molecule has 0 aromatic heterocycles. The predicted molar refractivity (Wildman–Crippen MR) is 67.4 cm³/mol. The Balaban J connectivity index is 1.86. The molecule has 0 bridgehead atoms. The molecule has 1 heterocycles. The molecule has 0 spiro atoms. The second kappa shape index (κ2) is 8.66. The maximum Gasteiger partial charge on any atom is 0.0996 e. The van der Waals surface area contributed by atoms with Crippen molar-refractivity contribution in [1.82, 2.24) is 5.32 Å². The van der Waals surface area contributed by atoms with Crippen LogP contribution < -0.4 is 5.32 Å². The molecule has 0 fully saturated rings.